The number of nitrogens with zero attached hydrogens (tertiary/aromatic N) is 3. The number of fused-ring (bicyclic) bond motifs is 1. The number of esters is 1. The zero-order valence-corrected chi connectivity index (χ0v) is 19.8. The number of carbonyl (C=O) groups is 3. The van der Waals surface area contributed by atoms with Crippen molar-refractivity contribution in [1.82, 2.24) is 14.6 Å². The molecule has 0 atom stereocenters. The van der Waals surface area contributed by atoms with Crippen molar-refractivity contribution in [3.05, 3.63) is 71.7 Å². The highest BCUT2D eigenvalue weighted by molar-refractivity contribution is 6.03. The molecule has 2 aromatic heterocycles. The lowest BCUT2D eigenvalue weighted by molar-refractivity contribution is -0.140. The van der Waals surface area contributed by atoms with Gasteiger partial charge in [0.15, 0.2) is 12.4 Å². The van der Waals surface area contributed by atoms with Gasteiger partial charge in [0.1, 0.15) is 29.2 Å². The van der Waals surface area contributed by atoms with Crippen LogP contribution in [0.1, 0.15) is 23.0 Å². The Labute approximate surface area is 215 Å². The first-order valence-corrected chi connectivity index (χ1v) is 10.9. The Bertz CT molecular complexity index is 1620. The Hall–Kier alpha value is -5.08. The molecular weight excluding hydrogens is 531 g/mol. The molecule has 0 aliphatic rings. The second-order valence-electron chi connectivity index (χ2n) is 8.02. The van der Waals surface area contributed by atoms with Crippen LogP contribution >= 0.6 is 0 Å². The molecule has 4 aromatic rings. The van der Waals surface area contributed by atoms with Crippen LogP contribution in [0.3, 0.4) is 0 Å². The van der Waals surface area contributed by atoms with Gasteiger partial charge in [-0.3, -0.25) is 9.59 Å². The fourth-order valence-electron chi connectivity index (χ4n) is 3.59. The van der Waals surface area contributed by atoms with Crippen LogP contribution in [0.25, 0.3) is 16.6 Å². The lowest BCUT2D eigenvalue weighted by Crippen LogP contribution is -2.21. The lowest BCUT2D eigenvalue weighted by atomic mass is 10.1. The maximum atomic E-state index is 15.0. The number of nitrogens with one attached hydrogen (secondary N) is 2. The van der Waals surface area contributed by atoms with E-state index in [9.17, 15) is 36.3 Å². The van der Waals surface area contributed by atoms with Crippen molar-refractivity contribution < 1.29 is 41.1 Å². The predicted octanol–water partition coefficient (Wildman–Crippen LogP) is 4.67. The highest BCUT2D eigenvalue weighted by atomic mass is 19.4. The number of aromatic nitrogens is 3. The van der Waals surface area contributed by atoms with Crippen LogP contribution < -0.4 is 16.4 Å². The van der Waals surface area contributed by atoms with E-state index in [2.05, 4.69) is 15.4 Å². The minimum Gasteiger partial charge on any atom is -0.457 e. The molecule has 4 rings (SSSR count). The Kier molecular flexibility index (Phi) is 7.16. The molecule has 0 fully saturated rings. The van der Waals surface area contributed by atoms with Gasteiger partial charge in [-0.15, -0.1) is 0 Å². The number of Topliss-reactive ketones (excluding diaryl/α,β-unsaturated/α-hetero) is 1. The lowest BCUT2D eigenvalue weighted by Gasteiger charge is -2.12. The van der Waals surface area contributed by atoms with Crippen LogP contribution in [-0.4, -0.2) is 39.0 Å². The molecule has 0 bridgehead atoms. The van der Waals surface area contributed by atoms with Crippen LogP contribution in [0.2, 0.25) is 0 Å². The van der Waals surface area contributed by atoms with E-state index in [1.54, 1.807) is 0 Å². The van der Waals surface area contributed by atoms with Gasteiger partial charge >= 0.3 is 18.2 Å². The number of ketones is 1. The van der Waals surface area contributed by atoms with Gasteiger partial charge < -0.3 is 21.1 Å². The molecule has 10 nitrogen and oxygen atoms in total. The molecule has 0 saturated carbocycles. The molecular formula is C24H17F5N6O4. The summed E-state index contributed by atoms with van der Waals surface area (Å²) >= 11 is 0. The third-order valence-corrected chi connectivity index (χ3v) is 5.35. The minimum atomic E-state index is -4.77. The number of hydrogen-bond acceptors (Lipinski definition) is 7. The second kappa shape index (κ2) is 10.4. The zero-order chi connectivity index (χ0) is 28.5. The summed E-state index contributed by atoms with van der Waals surface area (Å²) in [6.45, 7) is 0.549. The number of anilines is 3. The number of benzene rings is 2. The maximum Gasteiger partial charge on any atom is 0.416 e. The molecule has 2 heterocycles. The normalized spacial score (nSPS) is 11.3. The summed E-state index contributed by atoms with van der Waals surface area (Å²) in [6.07, 6.45) is -3.68. The van der Waals surface area contributed by atoms with Crippen molar-refractivity contribution in [2.75, 3.05) is 23.0 Å². The number of halogens is 5. The molecule has 0 unspecified atom stereocenters. The number of nitrogen functional groups attached to an aromatic ring is 1. The quantitative estimate of drug-likeness (QED) is 0.181. The number of nitrogens with two attached hydrogens (primary N) is 1. The smallest absolute Gasteiger partial charge is 0.416 e. The van der Waals surface area contributed by atoms with E-state index in [1.807, 2.05) is 5.32 Å². The fourth-order valence-corrected chi connectivity index (χ4v) is 3.59. The number of hydrogen-bond donors (Lipinski definition) is 3. The third kappa shape index (κ3) is 5.76. The summed E-state index contributed by atoms with van der Waals surface area (Å²) in [5, 5.41) is 7.99. The Balaban J connectivity index is 1.61. The largest absolute Gasteiger partial charge is 0.457 e. The Morgan fingerprint density at radius 2 is 1.72 bits per heavy atom. The molecule has 0 saturated heterocycles. The average molecular weight is 548 g/mol. The molecule has 0 aliphatic carbocycles. The first-order valence-electron chi connectivity index (χ1n) is 10.9. The molecule has 0 radical (unpaired) electrons. The predicted molar refractivity (Wildman–Crippen MR) is 128 cm³/mol. The molecule has 0 aliphatic heterocycles. The fraction of sp³-hybridized carbons (Fsp3) is 0.125. The SMILES string of the molecule is CC(=O)OCC(=O)c1cc(-c2ccc(NC(=O)Nc3cc(C(F)(F)F)ccc3F)c(F)c2)c2c(N)ncnn12. The van der Waals surface area contributed by atoms with Gasteiger partial charge in [0.2, 0.25) is 5.78 Å². The van der Waals surface area contributed by atoms with Gasteiger partial charge in [0.05, 0.1) is 16.9 Å². The van der Waals surface area contributed by atoms with Gasteiger partial charge in [-0.1, -0.05) is 6.07 Å². The number of carbonyl (C=O) groups excluding carboxylic acids is 3. The first-order chi connectivity index (χ1) is 18.3. The van der Waals surface area contributed by atoms with E-state index in [0.717, 1.165) is 29.9 Å². The van der Waals surface area contributed by atoms with E-state index in [4.69, 9.17) is 10.5 Å². The first kappa shape index (κ1) is 27.0. The van der Waals surface area contributed by atoms with Crippen LogP contribution in [0.15, 0.2) is 48.8 Å². The number of amides is 2. The molecule has 39 heavy (non-hydrogen) atoms. The summed E-state index contributed by atoms with van der Waals surface area (Å²) in [7, 11) is 0. The van der Waals surface area contributed by atoms with Gasteiger partial charge in [-0.05, 0) is 42.0 Å². The molecule has 2 aromatic carbocycles. The summed E-state index contributed by atoms with van der Waals surface area (Å²) in [5.74, 6) is -3.45. The third-order valence-electron chi connectivity index (χ3n) is 5.35. The summed E-state index contributed by atoms with van der Waals surface area (Å²) in [5.41, 5.74) is 4.17. The zero-order valence-electron chi connectivity index (χ0n) is 19.8. The van der Waals surface area contributed by atoms with Crippen molar-refractivity contribution in [3.8, 4) is 11.1 Å². The van der Waals surface area contributed by atoms with Crippen LogP contribution in [0.4, 0.5) is 43.9 Å². The highest BCUT2D eigenvalue weighted by Gasteiger charge is 2.31. The van der Waals surface area contributed by atoms with E-state index < -0.39 is 53.5 Å². The van der Waals surface area contributed by atoms with E-state index in [0.29, 0.717) is 18.2 Å². The Morgan fingerprint density at radius 3 is 2.38 bits per heavy atom. The highest BCUT2D eigenvalue weighted by Crippen LogP contribution is 2.33. The number of rotatable bonds is 6. The van der Waals surface area contributed by atoms with Crippen molar-refractivity contribution in [2.45, 2.75) is 13.1 Å². The van der Waals surface area contributed by atoms with Gasteiger partial charge in [0.25, 0.3) is 0 Å². The van der Waals surface area contributed by atoms with Crippen molar-refractivity contribution in [1.29, 1.82) is 0 Å². The monoisotopic (exact) mass is 548 g/mol. The molecule has 15 heteroatoms. The summed E-state index contributed by atoms with van der Waals surface area (Å²) in [4.78, 5) is 39.8. The standard InChI is InChI=1S/C24H17F5N6O4/c1-11(36)39-9-20(37)19-8-14(21-22(30)31-10-32-35(19)21)12-2-5-17(16(26)6-12)33-23(38)34-18-7-13(24(27,28)29)3-4-15(18)25/h2-8,10H,9H2,1H3,(H2,30,31,32)(H2,33,34,38). The number of urea groups is 1. The van der Waals surface area contributed by atoms with Crippen molar-refractivity contribution in [3.63, 3.8) is 0 Å². The molecule has 0 spiro atoms. The van der Waals surface area contributed by atoms with Crippen LogP contribution in [-0.2, 0) is 15.7 Å². The van der Waals surface area contributed by atoms with Crippen molar-refractivity contribution in [2.24, 2.45) is 0 Å². The molecule has 4 N–H and O–H groups in total. The van der Waals surface area contributed by atoms with Crippen LogP contribution in [0.5, 0.6) is 0 Å². The summed E-state index contributed by atoms with van der Waals surface area (Å²) < 4.78 is 73.5. The minimum absolute atomic E-state index is 0.0274. The molecule has 202 valence electrons. The second-order valence-corrected chi connectivity index (χ2v) is 8.02. The van der Waals surface area contributed by atoms with Crippen LogP contribution in [0, 0.1) is 11.6 Å². The van der Waals surface area contributed by atoms with Gasteiger partial charge in [-0.2, -0.15) is 18.3 Å². The van der Waals surface area contributed by atoms with E-state index in [1.165, 1.54) is 12.1 Å². The maximum absolute atomic E-state index is 15.0. The Morgan fingerprint density at radius 1 is 1.00 bits per heavy atom. The number of alkyl halides is 3. The van der Waals surface area contributed by atoms with Gasteiger partial charge in [-0.25, -0.2) is 23.1 Å². The van der Waals surface area contributed by atoms with Crippen molar-refractivity contribution >= 4 is 40.5 Å². The average Bonchev–Trinajstić information content (AvgIpc) is 3.25. The summed E-state index contributed by atoms with van der Waals surface area (Å²) in [6, 6.07) is 5.07. The van der Waals surface area contributed by atoms with E-state index in [-0.39, 0.29) is 33.8 Å². The number of ether oxygens (including phenoxy) is 1. The molecule has 2 amide bonds. The van der Waals surface area contributed by atoms with Gasteiger partial charge in [0, 0.05) is 12.5 Å². The van der Waals surface area contributed by atoms with E-state index >= 15 is 0 Å². The topological polar surface area (TPSA) is 141 Å².